The zero-order valence-corrected chi connectivity index (χ0v) is 24.5. The summed E-state index contributed by atoms with van der Waals surface area (Å²) in [7, 11) is 0. The van der Waals surface area contributed by atoms with Crippen molar-refractivity contribution in [1.29, 1.82) is 0 Å². The lowest BCUT2D eigenvalue weighted by molar-refractivity contribution is -0.139. The zero-order chi connectivity index (χ0) is 25.7. The molecule has 208 valence electrons. The van der Waals surface area contributed by atoms with Gasteiger partial charge in [0.1, 0.15) is 0 Å². The van der Waals surface area contributed by atoms with Crippen LogP contribution in [0.1, 0.15) is 188 Å². The van der Waals surface area contributed by atoms with Crippen molar-refractivity contribution >= 4 is 5.97 Å². The Hall–Kier alpha value is -0.790. The van der Waals surface area contributed by atoms with Crippen molar-refractivity contribution in [2.45, 2.75) is 188 Å². The first-order valence-corrected chi connectivity index (χ1v) is 16.0. The summed E-state index contributed by atoms with van der Waals surface area (Å²) in [6.45, 7) is 6.55. The molecule has 0 aromatic carbocycles. The summed E-state index contributed by atoms with van der Waals surface area (Å²) in [5.41, 5.74) is 0.708. The van der Waals surface area contributed by atoms with Crippen LogP contribution < -0.4 is 0 Å². The van der Waals surface area contributed by atoms with E-state index in [2.05, 4.69) is 6.92 Å². The zero-order valence-electron chi connectivity index (χ0n) is 24.5. The normalized spacial score (nSPS) is 11.8. The highest BCUT2D eigenvalue weighted by molar-refractivity contribution is 5.87. The highest BCUT2D eigenvalue weighted by Gasteiger charge is 2.03. The third kappa shape index (κ3) is 27.6. The minimum Gasteiger partial charge on any atom is -0.462 e. The molecule has 0 radical (unpaired) electrons. The number of rotatable bonds is 28. The average molecular weight is 493 g/mol. The van der Waals surface area contributed by atoms with E-state index in [9.17, 15) is 4.79 Å². The number of carbonyl (C=O) groups is 1. The average Bonchev–Trinajstić information content (AvgIpc) is 2.87. The Morgan fingerprint density at radius 2 is 0.743 bits per heavy atom. The van der Waals surface area contributed by atoms with Crippen molar-refractivity contribution in [1.82, 2.24) is 0 Å². The molecule has 0 aromatic rings. The molecule has 0 aliphatic heterocycles. The third-order valence-corrected chi connectivity index (χ3v) is 7.49. The van der Waals surface area contributed by atoms with Crippen LogP contribution in [0.25, 0.3) is 0 Å². The van der Waals surface area contributed by atoms with Crippen LogP contribution in [0.4, 0.5) is 0 Å². The molecule has 0 saturated heterocycles. The fraction of sp³-hybridized carbons (Fsp3) is 0.909. The summed E-state index contributed by atoms with van der Waals surface area (Å²) < 4.78 is 5.24. The molecule has 0 fully saturated rings. The van der Waals surface area contributed by atoms with Crippen molar-refractivity contribution in [2.75, 3.05) is 6.61 Å². The lowest BCUT2D eigenvalue weighted by Crippen LogP contribution is -2.06. The van der Waals surface area contributed by atoms with Crippen molar-refractivity contribution in [3.63, 3.8) is 0 Å². The molecular formula is C33H64O2. The summed E-state index contributed by atoms with van der Waals surface area (Å²) in [6, 6.07) is 0. The van der Waals surface area contributed by atoms with E-state index in [4.69, 9.17) is 4.74 Å². The van der Waals surface area contributed by atoms with Crippen molar-refractivity contribution < 1.29 is 9.53 Å². The Morgan fingerprint density at radius 3 is 1.00 bits per heavy atom. The number of hydrogen-bond acceptors (Lipinski definition) is 2. The van der Waals surface area contributed by atoms with Gasteiger partial charge < -0.3 is 4.74 Å². The Morgan fingerprint density at radius 1 is 0.486 bits per heavy atom. The molecule has 0 unspecified atom stereocenters. The first kappa shape index (κ1) is 34.2. The maximum atomic E-state index is 11.5. The van der Waals surface area contributed by atoms with Crippen LogP contribution in [0, 0.1) is 0 Å². The number of hydrogen-bond donors (Lipinski definition) is 0. The Bertz CT molecular complexity index is 454. The molecule has 0 rings (SSSR count). The van der Waals surface area contributed by atoms with Crippen LogP contribution in [-0.2, 0) is 9.53 Å². The van der Waals surface area contributed by atoms with E-state index in [0.717, 1.165) is 6.42 Å². The summed E-state index contributed by atoms with van der Waals surface area (Å²) >= 11 is 0. The first-order chi connectivity index (χ1) is 17.2. The van der Waals surface area contributed by atoms with Gasteiger partial charge in [-0.25, -0.2) is 4.79 Å². The quantitative estimate of drug-likeness (QED) is 0.0616. The molecule has 0 heterocycles. The van der Waals surface area contributed by atoms with Gasteiger partial charge in [0.25, 0.3) is 0 Å². The van der Waals surface area contributed by atoms with Crippen LogP contribution >= 0.6 is 0 Å². The fourth-order valence-corrected chi connectivity index (χ4v) is 4.81. The van der Waals surface area contributed by atoms with Crippen LogP contribution in [0.15, 0.2) is 11.6 Å². The van der Waals surface area contributed by atoms with Crippen LogP contribution in [0.2, 0.25) is 0 Å². The van der Waals surface area contributed by atoms with Gasteiger partial charge in [-0.2, -0.15) is 0 Å². The molecule has 35 heavy (non-hydrogen) atoms. The minimum absolute atomic E-state index is 0.160. The second-order valence-corrected chi connectivity index (χ2v) is 10.9. The summed E-state index contributed by atoms with van der Waals surface area (Å²) in [5.74, 6) is -0.160. The van der Waals surface area contributed by atoms with Crippen LogP contribution in [-0.4, -0.2) is 12.6 Å². The highest BCUT2D eigenvalue weighted by atomic mass is 16.5. The van der Waals surface area contributed by atoms with E-state index in [1.54, 1.807) is 0 Å². The molecule has 0 bridgehead atoms. The molecule has 0 aromatic heterocycles. The number of ether oxygens (including phenoxy) is 1. The maximum Gasteiger partial charge on any atom is 0.333 e. The van der Waals surface area contributed by atoms with Gasteiger partial charge in [-0.05, 0) is 20.3 Å². The maximum absolute atomic E-state index is 11.5. The molecule has 2 nitrogen and oxygen atoms in total. The Balaban J connectivity index is 3.08. The van der Waals surface area contributed by atoms with Gasteiger partial charge in [0.05, 0.1) is 6.61 Å². The van der Waals surface area contributed by atoms with Gasteiger partial charge in [0.2, 0.25) is 0 Å². The Labute approximate surface area is 221 Å². The summed E-state index contributed by atoms with van der Waals surface area (Å²) in [5, 5.41) is 0. The van der Waals surface area contributed by atoms with Crippen molar-refractivity contribution in [2.24, 2.45) is 0 Å². The van der Waals surface area contributed by atoms with Gasteiger partial charge in [-0.15, -0.1) is 0 Å². The molecule has 0 spiro atoms. The van der Waals surface area contributed by atoms with Crippen molar-refractivity contribution in [3.8, 4) is 0 Å². The number of esters is 1. The largest absolute Gasteiger partial charge is 0.462 e. The highest BCUT2D eigenvalue weighted by Crippen LogP contribution is 2.16. The topological polar surface area (TPSA) is 26.3 Å². The van der Waals surface area contributed by atoms with E-state index < -0.39 is 0 Å². The molecular weight excluding hydrogens is 428 g/mol. The standard InChI is InChI=1S/C33H64O2/c1-4-6-7-8-9-10-11-12-13-14-15-16-17-18-19-20-21-22-23-24-25-26-27-28-29-30-31-35-33(34)32(3)5-2/h5H,4,6-31H2,1-3H3. The van der Waals surface area contributed by atoms with Gasteiger partial charge in [-0.3, -0.25) is 0 Å². The van der Waals surface area contributed by atoms with E-state index in [1.807, 2.05) is 19.9 Å². The van der Waals surface area contributed by atoms with E-state index in [0.29, 0.717) is 12.2 Å². The summed E-state index contributed by atoms with van der Waals surface area (Å²) in [6.07, 6.45) is 38.5. The fourth-order valence-electron chi connectivity index (χ4n) is 4.81. The van der Waals surface area contributed by atoms with E-state index in [1.165, 1.54) is 161 Å². The van der Waals surface area contributed by atoms with E-state index >= 15 is 0 Å². The lowest BCUT2D eigenvalue weighted by atomic mass is 10.0. The predicted octanol–water partition coefficient (Wildman–Crippen LogP) is 11.7. The molecule has 0 aliphatic rings. The van der Waals surface area contributed by atoms with Gasteiger partial charge >= 0.3 is 5.97 Å². The van der Waals surface area contributed by atoms with Crippen molar-refractivity contribution in [3.05, 3.63) is 11.6 Å². The van der Waals surface area contributed by atoms with Gasteiger partial charge in [0.15, 0.2) is 0 Å². The van der Waals surface area contributed by atoms with Gasteiger partial charge in [0, 0.05) is 5.57 Å². The predicted molar refractivity (Wildman–Crippen MR) is 156 cm³/mol. The third-order valence-electron chi connectivity index (χ3n) is 7.49. The second-order valence-electron chi connectivity index (χ2n) is 10.9. The molecule has 0 N–H and O–H groups in total. The van der Waals surface area contributed by atoms with Gasteiger partial charge in [-0.1, -0.05) is 174 Å². The molecule has 0 amide bonds. The number of unbranched alkanes of at least 4 members (excludes halogenated alkanes) is 25. The lowest BCUT2D eigenvalue weighted by Gasteiger charge is -2.05. The number of allylic oxidation sites excluding steroid dienone is 1. The Kier molecular flexibility index (Phi) is 28.8. The molecule has 0 atom stereocenters. The van der Waals surface area contributed by atoms with Crippen LogP contribution in [0.5, 0.6) is 0 Å². The van der Waals surface area contributed by atoms with E-state index in [-0.39, 0.29) is 5.97 Å². The second kappa shape index (κ2) is 29.4. The summed E-state index contributed by atoms with van der Waals surface area (Å²) in [4.78, 5) is 11.5. The molecule has 0 saturated carbocycles. The smallest absolute Gasteiger partial charge is 0.333 e. The minimum atomic E-state index is -0.160. The molecule has 2 heteroatoms. The van der Waals surface area contributed by atoms with Crippen LogP contribution in [0.3, 0.4) is 0 Å². The monoisotopic (exact) mass is 492 g/mol. The SMILES string of the molecule is CC=C(C)C(=O)OCCCCCCCCCCCCCCCCCCCCCCCCCCCC. The number of carbonyl (C=O) groups excluding carboxylic acids is 1. The first-order valence-electron chi connectivity index (χ1n) is 16.0. The molecule has 0 aliphatic carbocycles.